The van der Waals surface area contributed by atoms with E-state index in [9.17, 15) is 14.4 Å². The Hall–Kier alpha value is -2.51. The summed E-state index contributed by atoms with van der Waals surface area (Å²) >= 11 is 6.85. The fourth-order valence-corrected chi connectivity index (χ4v) is 3.21. The Bertz CT molecular complexity index is 918. The van der Waals surface area contributed by atoms with Crippen LogP contribution in [0.4, 0.5) is 4.79 Å². The number of hydrogen-bond acceptors (Lipinski definition) is 6. The van der Waals surface area contributed by atoms with Crippen LogP contribution in [-0.4, -0.2) is 36.2 Å². The van der Waals surface area contributed by atoms with Gasteiger partial charge < -0.3 is 9.15 Å². The van der Waals surface area contributed by atoms with Gasteiger partial charge >= 0.3 is 5.97 Å². The molecule has 3 rings (SSSR count). The molecule has 2 heterocycles. The van der Waals surface area contributed by atoms with E-state index in [0.717, 1.165) is 16.7 Å². The Morgan fingerprint density at radius 2 is 2.04 bits per heavy atom. The number of benzene rings is 1. The zero-order valence-corrected chi connectivity index (χ0v) is 14.8. The van der Waals surface area contributed by atoms with Crippen LogP contribution in [0.1, 0.15) is 16.1 Å². The van der Waals surface area contributed by atoms with Gasteiger partial charge in [0.05, 0.1) is 22.6 Å². The Morgan fingerprint density at radius 1 is 1.28 bits per heavy atom. The van der Waals surface area contributed by atoms with Crippen molar-refractivity contribution < 1.29 is 23.5 Å². The van der Waals surface area contributed by atoms with E-state index in [-0.39, 0.29) is 21.7 Å². The maximum Gasteiger partial charge on any atom is 0.339 e. The average molecular weight is 378 g/mol. The topological polar surface area (TPSA) is 76.8 Å². The second-order valence-electron chi connectivity index (χ2n) is 5.13. The molecule has 1 aliphatic rings. The van der Waals surface area contributed by atoms with Gasteiger partial charge in [-0.05, 0) is 42.1 Å². The summed E-state index contributed by atoms with van der Waals surface area (Å²) in [5.74, 6) is -0.00464. The summed E-state index contributed by atoms with van der Waals surface area (Å²) in [4.78, 5) is 36.5. The highest BCUT2D eigenvalue weighted by Crippen LogP contribution is 2.33. The van der Waals surface area contributed by atoms with E-state index in [4.69, 9.17) is 20.8 Å². The molecular weight excluding hydrogens is 366 g/mol. The molecule has 0 atom stereocenters. The summed E-state index contributed by atoms with van der Waals surface area (Å²) in [6.07, 6.45) is 1.51. The lowest BCUT2D eigenvalue weighted by molar-refractivity contribution is -0.121. The number of carbonyl (C=O) groups excluding carboxylic acids is 3. The molecule has 2 aromatic rings. The molecular formula is C17H12ClNO5S. The van der Waals surface area contributed by atoms with Crippen LogP contribution in [0.15, 0.2) is 39.7 Å². The number of furan rings is 1. The van der Waals surface area contributed by atoms with Crippen LogP contribution in [-0.2, 0) is 9.53 Å². The van der Waals surface area contributed by atoms with Crippen molar-refractivity contribution in [2.75, 3.05) is 14.2 Å². The predicted octanol–water partition coefficient (Wildman–Crippen LogP) is 4.05. The minimum Gasteiger partial charge on any atom is -0.465 e. The van der Waals surface area contributed by atoms with E-state index in [2.05, 4.69) is 0 Å². The molecule has 0 unspecified atom stereocenters. The number of hydrogen-bond donors (Lipinski definition) is 0. The van der Waals surface area contributed by atoms with Gasteiger partial charge in [-0.2, -0.15) is 0 Å². The summed E-state index contributed by atoms with van der Waals surface area (Å²) < 4.78 is 10.4. The third kappa shape index (κ3) is 3.33. The molecule has 6 nitrogen and oxygen atoms in total. The number of rotatable bonds is 3. The van der Waals surface area contributed by atoms with Crippen molar-refractivity contribution in [1.29, 1.82) is 0 Å². The van der Waals surface area contributed by atoms with Crippen molar-refractivity contribution in [3.8, 4) is 11.3 Å². The maximum absolute atomic E-state index is 11.9. The van der Waals surface area contributed by atoms with Gasteiger partial charge in [0, 0.05) is 18.7 Å². The molecule has 2 amide bonds. The number of amides is 2. The normalized spacial score (nSPS) is 16.0. The fraction of sp³-hybridized carbons (Fsp3) is 0.118. The van der Waals surface area contributed by atoms with Gasteiger partial charge in [-0.25, -0.2) is 4.79 Å². The smallest absolute Gasteiger partial charge is 0.339 e. The van der Waals surface area contributed by atoms with Crippen LogP contribution in [0.25, 0.3) is 17.4 Å². The van der Waals surface area contributed by atoms with Crippen LogP contribution < -0.4 is 0 Å². The first-order chi connectivity index (χ1) is 11.9. The van der Waals surface area contributed by atoms with E-state index in [1.165, 1.54) is 20.2 Å². The third-order valence-electron chi connectivity index (χ3n) is 3.54. The number of thioether (sulfide) groups is 1. The summed E-state index contributed by atoms with van der Waals surface area (Å²) in [5, 5.41) is -0.0533. The highest BCUT2D eigenvalue weighted by Gasteiger charge is 2.32. The first-order valence-electron chi connectivity index (χ1n) is 7.10. The van der Waals surface area contributed by atoms with Gasteiger partial charge in [0.1, 0.15) is 11.5 Å². The van der Waals surface area contributed by atoms with Crippen molar-refractivity contribution in [3.63, 3.8) is 0 Å². The molecule has 128 valence electrons. The number of imide groups is 1. The summed E-state index contributed by atoms with van der Waals surface area (Å²) in [6.45, 7) is 0. The molecule has 25 heavy (non-hydrogen) atoms. The van der Waals surface area contributed by atoms with E-state index in [0.29, 0.717) is 22.0 Å². The molecule has 0 N–H and O–H groups in total. The molecule has 1 aromatic heterocycles. The van der Waals surface area contributed by atoms with Crippen LogP contribution in [0.5, 0.6) is 0 Å². The molecule has 1 fully saturated rings. The van der Waals surface area contributed by atoms with E-state index >= 15 is 0 Å². The SMILES string of the molecule is COC(=O)c1cc(-c2ccc(/C=C3/SC(=O)N(C)C3=O)o2)ccc1Cl. The Balaban J connectivity index is 1.91. The van der Waals surface area contributed by atoms with Gasteiger partial charge in [0.2, 0.25) is 0 Å². The summed E-state index contributed by atoms with van der Waals surface area (Å²) in [6, 6.07) is 8.22. The lowest BCUT2D eigenvalue weighted by atomic mass is 10.1. The Morgan fingerprint density at radius 3 is 2.68 bits per heavy atom. The largest absolute Gasteiger partial charge is 0.465 e. The van der Waals surface area contributed by atoms with Crippen LogP contribution >= 0.6 is 23.4 Å². The van der Waals surface area contributed by atoms with Crippen LogP contribution in [0, 0.1) is 0 Å². The van der Waals surface area contributed by atoms with Crippen molar-refractivity contribution in [1.82, 2.24) is 4.90 Å². The minimum absolute atomic E-state index is 0.228. The number of carbonyl (C=O) groups is 3. The minimum atomic E-state index is -0.546. The molecule has 0 spiro atoms. The average Bonchev–Trinajstić information content (AvgIpc) is 3.16. The molecule has 8 heteroatoms. The van der Waals surface area contributed by atoms with Crippen molar-refractivity contribution >= 4 is 46.6 Å². The predicted molar refractivity (Wildman–Crippen MR) is 94.2 cm³/mol. The van der Waals surface area contributed by atoms with E-state index in [1.807, 2.05) is 0 Å². The van der Waals surface area contributed by atoms with Gasteiger partial charge in [-0.3, -0.25) is 14.5 Å². The van der Waals surface area contributed by atoms with Crippen molar-refractivity contribution in [2.45, 2.75) is 0 Å². The maximum atomic E-state index is 11.9. The number of methoxy groups -OCH3 is 1. The lowest BCUT2D eigenvalue weighted by Gasteiger charge is -2.04. The Labute approximate surface area is 152 Å². The van der Waals surface area contributed by atoms with Gasteiger partial charge in [-0.15, -0.1) is 0 Å². The second kappa shape index (κ2) is 6.78. The molecule has 0 saturated carbocycles. The van der Waals surface area contributed by atoms with E-state index < -0.39 is 5.97 Å². The molecule has 1 saturated heterocycles. The lowest BCUT2D eigenvalue weighted by Crippen LogP contribution is -2.22. The molecule has 1 aromatic carbocycles. The fourth-order valence-electron chi connectivity index (χ4n) is 2.21. The van der Waals surface area contributed by atoms with Crippen LogP contribution in [0.2, 0.25) is 5.02 Å². The number of esters is 1. The van der Waals surface area contributed by atoms with E-state index in [1.54, 1.807) is 30.3 Å². The molecule has 0 radical (unpaired) electrons. The van der Waals surface area contributed by atoms with Crippen molar-refractivity contribution in [2.24, 2.45) is 0 Å². The Kier molecular flexibility index (Phi) is 4.69. The third-order valence-corrected chi connectivity index (χ3v) is 4.83. The van der Waals surface area contributed by atoms with Crippen LogP contribution in [0.3, 0.4) is 0 Å². The number of nitrogens with zero attached hydrogens (tertiary/aromatic N) is 1. The highest BCUT2D eigenvalue weighted by molar-refractivity contribution is 8.18. The first kappa shape index (κ1) is 17.3. The second-order valence-corrected chi connectivity index (χ2v) is 6.53. The number of likely N-dealkylation sites (N-methyl/N-ethyl adjacent to an activating group) is 1. The number of halogens is 1. The van der Waals surface area contributed by atoms with Gasteiger partial charge in [0.25, 0.3) is 11.1 Å². The monoisotopic (exact) mass is 377 g/mol. The van der Waals surface area contributed by atoms with Gasteiger partial charge in [0.15, 0.2) is 0 Å². The summed E-state index contributed by atoms with van der Waals surface area (Å²) in [7, 11) is 2.70. The van der Waals surface area contributed by atoms with Crippen molar-refractivity contribution in [3.05, 3.63) is 51.6 Å². The molecule has 1 aliphatic heterocycles. The quantitative estimate of drug-likeness (QED) is 0.593. The zero-order chi connectivity index (χ0) is 18.1. The highest BCUT2D eigenvalue weighted by atomic mass is 35.5. The standard InChI is InChI=1S/C17H12ClNO5S/c1-19-15(20)14(25-17(19)22)8-10-4-6-13(24-10)9-3-5-12(18)11(7-9)16(21)23-2/h3-8H,1-2H3/b14-8+. The first-order valence-corrected chi connectivity index (χ1v) is 8.30. The van der Waals surface area contributed by atoms with Gasteiger partial charge in [-0.1, -0.05) is 11.6 Å². The molecule has 0 bridgehead atoms. The number of ether oxygens (including phenoxy) is 1. The molecule has 0 aliphatic carbocycles. The zero-order valence-electron chi connectivity index (χ0n) is 13.2. The summed E-state index contributed by atoms with van der Waals surface area (Å²) in [5.41, 5.74) is 0.861.